The zero-order chi connectivity index (χ0) is 32.0. The van der Waals surface area contributed by atoms with Gasteiger partial charge in [-0.05, 0) is 85.5 Å². The van der Waals surface area contributed by atoms with Gasteiger partial charge in [0, 0.05) is 50.1 Å². The van der Waals surface area contributed by atoms with Gasteiger partial charge in [0.05, 0.1) is 11.7 Å². The third kappa shape index (κ3) is 5.75. The molecule has 1 aliphatic heterocycles. The van der Waals surface area contributed by atoms with Gasteiger partial charge in [-0.15, -0.1) is 45.3 Å². The van der Waals surface area contributed by atoms with Crippen molar-refractivity contribution in [3.05, 3.63) is 57.3 Å². The summed E-state index contributed by atoms with van der Waals surface area (Å²) in [5.41, 5.74) is 7.22. The molecule has 0 atom stereocenters. The summed E-state index contributed by atoms with van der Waals surface area (Å²) in [4.78, 5) is 11.6. The molecule has 0 fully saturated rings. The summed E-state index contributed by atoms with van der Waals surface area (Å²) < 4.78 is 9.65. The normalized spacial score (nSPS) is 13.6. The Hall–Kier alpha value is -1.94. The first-order valence-electron chi connectivity index (χ1n) is 17.0. The minimum absolute atomic E-state index is 1.04. The van der Waals surface area contributed by atoms with Crippen molar-refractivity contribution in [1.29, 1.82) is 0 Å². The van der Waals surface area contributed by atoms with Crippen molar-refractivity contribution in [2.24, 2.45) is 0 Å². The SMILES string of the molecule is CCCCCC[Si]1(CCCCCC)c2cc(C)sc2-c2sc(-c3sc(-c4ccc(-c5cc(C)c(C)s5)c5nsnc45)cc3C)cc21. The van der Waals surface area contributed by atoms with Crippen LogP contribution in [-0.2, 0) is 0 Å². The monoisotopic (exact) mass is 716 g/mol. The number of aromatic nitrogens is 2. The lowest BCUT2D eigenvalue weighted by molar-refractivity contribution is 0.684. The Balaban J connectivity index is 1.28. The molecule has 0 bridgehead atoms. The fraction of sp³-hybridized carbons (Fsp3) is 0.421. The molecule has 2 nitrogen and oxygen atoms in total. The van der Waals surface area contributed by atoms with Gasteiger partial charge in [-0.3, -0.25) is 0 Å². The lowest BCUT2D eigenvalue weighted by atomic mass is 10.0. The van der Waals surface area contributed by atoms with Crippen LogP contribution < -0.4 is 10.4 Å². The number of rotatable bonds is 13. The van der Waals surface area contributed by atoms with E-state index < -0.39 is 8.07 Å². The number of fused-ring (bicyclic) bond motifs is 4. The average Bonchev–Trinajstić information content (AvgIpc) is 3.88. The Morgan fingerprint density at radius 3 is 1.74 bits per heavy atom. The van der Waals surface area contributed by atoms with Crippen molar-refractivity contribution in [1.82, 2.24) is 8.75 Å². The van der Waals surface area contributed by atoms with Crippen molar-refractivity contribution in [2.45, 2.75) is 105 Å². The molecular weight excluding hydrogens is 673 g/mol. The largest absolute Gasteiger partial charge is 0.172 e. The molecule has 5 aromatic heterocycles. The van der Waals surface area contributed by atoms with Crippen LogP contribution in [0.2, 0.25) is 12.1 Å². The number of benzene rings is 1. The molecule has 1 aliphatic rings. The molecule has 0 amide bonds. The number of aryl methyl sites for hydroxylation is 4. The summed E-state index contributed by atoms with van der Waals surface area (Å²) in [6, 6.07) is 17.4. The Bertz CT molecular complexity index is 1970. The van der Waals surface area contributed by atoms with E-state index in [0.717, 1.165) is 11.0 Å². The molecular formula is C38H44N2S5Si. The van der Waals surface area contributed by atoms with Crippen LogP contribution in [0.25, 0.3) is 51.4 Å². The molecule has 0 saturated heterocycles. The maximum atomic E-state index is 4.84. The van der Waals surface area contributed by atoms with Gasteiger partial charge in [-0.25, -0.2) is 0 Å². The molecule has 240 valence electrons. The topological polar surface area (TPSA) is 25.8 Å². The lowest BCUT2D eigenvalue weighted by Crippen LogP contribution is -2.54. The van der Waals surface area contributed by atoms with Gasteiger partial charge in [0.25, 0.3) is 0 Å². The average molecular weight is 717 g/mol. The third-order valence-electron chi connectivity index (χ3n) is 9.99. The first-order valence-corrected chi connectivity index (χ1v) is 23.4. The van der Waals surface area contributed by atoms with Crippen molar-refractivity contribution < 1.29 is 0 Å². The number of hydrogen-bond donors (Lipinski definition) is 0. The molecule has 1 aromatic carbocycles. The number of nitrogens with zero attached hydrogens (tertiary/aromatic N) is 2. The maximum Gasteiger partial charge on any atom is 0.122 e. The van der Waals surface area contributed by atoms with E-state index in [2.05, 4.69) is 101 Å². The standard InChI is InChI=1S/C38H44N2S5Si/c1-7-9-11-13-17-46(18-14-12-10-8-2)32-21-25(5)41-37(32)38-33(46)22-31(44-38)36-24(4)20-30(43-36)28-16-15-27(34-35(28)40-45-39-34)29-19-23(3)26(6)42-29/h15-16,19-22H,7-14,17-18H2,1-6H3. The molecule has 0 radical (unpaired) electrons. The van der Waals surface area contributed by atoms with Crippen LogP contribution in [0.4, 0.5) is 0 Å². The highest BCUT2D eigenvalue weighted by Crippen LogP contribution is 2.49. The van der Waals surface area contributed by atoms with Gasteiger partial charge in [-0.2, -0.15) is 8.75 Å². The van der Waals surface area contributed by atoms with Crippen molar-refractivity contribution in [2.75, 3.05) is 0 Å². The van der Waals surface area contributed by atoms with E-state index in [1.54, 1.807) is 20.1 Å². The van der Waals surface area contributed by atoms with Crippen LogP contribution in [-0.4, -0.2) is 16.8 Å². The molecule has 8 heteroatoms. The third-order valence-corrected chi connectivity index (χ3v) is 21.1. The summed E-state index contributed by atoms with van der Waals surface area (Å²) in [5, 5.41) is 3.56. The van der Waals surface area contributed by atoms with Crippen LogP contribution in [0, 0.1) is 27.7 Å². The van der Waals surface area contributed by atoms with Gasteiger partial charge in [0.1, 0.15) is 19.1 Å². The van der Waals surface area contributed by atoms with Crippen LogP contribution in [0.1, 0.15) is 86.1 Å². The molecule has 46 heavy (non-hydrogen) atoms. The van der Waals surface area contributed by atoms with Crippen molar-refractivity contribution in [3.63, 3.8) is 0 Å². The first kappa shape index (κ1) is 32.6. The van der Waals surface area contributed by atoms with Gasteiger partial charge in [0.2, 0.25) is 0 Å². The van der Waals surface area contributed by atoms with Crippen LogP contribution in [0.15, 0.2) is 36.4 Å². The highest BCUT2D eigenvalue weighted by molar-refractivity contribution is 7.32. The molecule has 6 aromatic rings. The Labute approximate surface area is 295 Å². The zero-order valence-electron chi connectivity index (χ0n) is 28.0. The fourth-order valence-corrected chi connectivity index (χ4v) is 19.8. The summed E-state index contributed by atoms with van der Waals surface area (Å²) >= 11 is 9.29. The number of hydrogen-bond acceptors (Lipinski definition) is 7. The van der Waals surface area contributed by atoms with Crippen LogP contribution in [0.5, 0.6) is 0 Å². The van der Waals surface area contributed by atoms with Gasteiger partial charge >= 0.3 is 0 Å². The predicted molar refractivity (Wildman–Crippen MR) is 213 cm³/mol. The van der Waals surface area contributed by atoms with Crippen molar-refractivity contribution >= 4 is 86.6 Å². The molecule has 0 aliphatic carbocycles. The van der Waals surface area contributed by atoms with E-state index >= 15 is 0 Å². The number of thiophene rings is 4. The molecule has 6 heterocycles. The summed E-state index contributed by atoms with van der Waals surface area (Å²) in [6.07, 6.45) is 10.9. The van der Waals surface area contributed by atoms with Gasteiger partial charge < -0.3 is 0 Å². The Morgan fingerprint density at radius 1 is 0.565 bits per heavy atom. The van der Waals surface area contributed by atoms with E-state index in [1.807, 2.05) is 22.7 Å². The molecule has 0 N–H and O–H groups in total. The van der Waals surface area contributed by atoms with Gasteiger partial charge in [-0.1, -0.05) is 77.3 Å². The van der Waals surface area contributed by atoms with E-state index in [0.29, 0.717) is 0 Å². The number of unbranched alkanes of at least 4 members (excludes halogenated alkanes) is 6. The van der Waals surface area contributed by atoms with E-state index in [4.69, 9.17) is 8.75 Å². The first-order chi connectivity index (χ1) is 22.3. The second kappa shape index (κ2) is 13.5. The van der Waals surface area contributed by atoms with E-state index in [-0.39, 0.29) is 0 Å². The molecule has 0 unspecified atom stereocenters. The fourth-order valence-electron chi connectivity index (χ4n) is 7.41. The summed E-state index contributed by atoms with van der Waals surface area (Å²) in [5.74, 6) is 0. The highest BCUT2D eigenvalue weighted by atomic mass is 32.1. The smallest absolute Gasteiger partial charge is 0.122 e. The van der Waals surface area contributed by atoms with Gasteiger partial charge in [0.15, 0.2) is 0 Å². The van der Waals surface area contributed by atoms with E-state index in [1.165, 1.54) is 127 Å². The summed E-state index contributed by atoms with van der Waals surface area (Å²) in [6.45, 7) is 13.7. The van der Waals surface area contributed by atoms with Crippen LogP contribution >= 0.6 is 57.1 Å². The minimum Gasteiger partial charge on any atom is -0.172 e. The quantitative estimate of drug-likeness (QED) is 0.0878. The van der Waals surface area contributed by atoms with Crippen LogP contribution in [0.3, 0.4) is 0 Å². The minimum atomic E-state index is -1.80. The second-order valence-electron chi connectivity index (χ2n) is 13.3. The Kier molecular flexibility index (Phi) is 9.58. The highest BCUT2D eigenvalue weighted by Gasteiger charge is 2.47. The molecule has 0 saturated carbocycles. The van der Waals surface area contributed by atoms with Crippen molar-refractivity contribution in [3.8, 4) is 40.4 Å². The molecule has 0 spiro atoms. The maximum absolute atomic E-state index is 4.84. The predicted octanol–water partition coefficient (Wildman–Crippen LogP) is 12.9. The van der Waals surface area contributed by atoms with E-state index in [9.17, 15) is 0 Å². The molecule has 7 rings (SSSR count). The second-order valence-corrected chi connectivity index (χ2v) is 22.6. The zero-order valence-corrected chi connectivity index (χ0v) is 33.1. The lowest BCUT2D eigenvalue weighted by Gasteiger charge is -2.29. The Morgan fingerprint density at radius 2 is 1.13 bits per heavy atom. The summed E-state index contributed by atoms with van der Waals surface area (Å²) in [7, 11) is -1.80.